The van der Waals surface area contributed by atoms with Crippen LogP contribution in [0, 0.1) is 5.82 Å². The normalized spacial score (nSPS) is 18.8. The minimum atomic E-state index is -3.76. The molecule has 170 valence electrons. The number of sulfonamides is 1. The van der Waals surface area contributed by atoms with Crippen molar-refractivity contribution in [1.29, 1.82) is 0 Å². The molecule has 0 aromatic heterocycles. The molecule has 4 rings (SSSR count). The van der Waals surface area contributed by atoms with Gasteiger partial charge in [-0.15, -0.1) is 0 Å². The third kappa shape index (κ3) is 4.90. The number of ketones is 1. The number of nitrogens with zero attached hydrogens (tertiary/aromatic N) is 2. The molecule has 1 atom stereocenters. The average molecular weight is 460 g/mol. The summed E-state index contributed by atoms with van der Waals surface area (Å²) in [5, 5.41) is 3.01. The number of benzene rings is 2. The molecule has 9 heteroatoms. The van der Waals surface area contributed by atoms with Crippen molar-refractivity contribution in [3.8, 4) is 0 Å². The van der Waals surface area contributed by atoms with E-state index in [-0.39, 0.29) is 41.5 Å². The molecular weight excluding hydrogens is 433 g/mol. The van der Waals surface area contributed by atoms with Crippen molar-refractivity contribution in [2.24, 2.45) is 0 Å². The van der Waals surface area contributed by atoms with Crippen LogP contribution in [-0.2, 0) is 14.8 Å². The van der Waals surface area contributed by atoms with Crippen LogP contribution in [0.2, 0.25) is 0 Å². The Morgan fingerprint density at radius 2 is 1.69 bits per heavy atom. The standard InChI is InChI=1S/C23H26FN3O4S/c1-16(28)18-3-2-4-21(15-18)32(30,31)27-13-11-26(12-14-27)22(23(29)25-20-9-10-20)17-5-7-19(24)8-6-17/h2-8,15,20,22H,9-14H2,1H3,(H,25,29). The molecule has 1 amide bonds. The summed E-state index contributed by atoms with van der Waals surface area (Å²) in [6.45, 7) is 2.52. The predicted molar refractivity (Wildman–Crippen MR) is 117 cm³/mol. The largest absolute Gasteiger partial charge is 0.352 e. The molecule has 1 saturated heterocycles. The Labute approximate surface area is 187 Å². The van der Waals surface area contributed by atoms with E-state index in [1.54, 1.807) is 24.3 Å². The molecule has 2 aliphatic rings. The molecule has 1 heterocycles. The van der Waals surface area contributed by atoms with E-state index in [1.165, 1.54) is 35.5 Å². The zero-order valence-corrected chi connectivity index (χ0v) is 18.6. The number of Topliss-reactive ketones (excluding diaryl/α,β-unsaturated/α-hetero) is 1. The average Bonchev–Trinajstić information content (AvgIpc) is 3.60. The number of hydrogen-bond acceptors (Lipinski definition) is 5. The minimum Gasteiger partial charge on any atom is -0.352 e. The van der Waals surface area contributed by atoms with Crippen molar-refractivity contribution in [1.82, 2.24) is 14.5 Å². The highest BCUT2D eigenvalue weighted by atomic mass is 32.2. The van der Waals surface area contributed by atoms with Crippen LogP contribution < -0.4 is 5.32 Å². The lowest BCUT2D eigenvalue weighted by Gasteiger charge is -2.38. The lowest BCUT2D eigenvalue weighted by atomic mass is 10.0. The third-order valence-corrected chi connectivity index (χ3v) is 7.77. The fraction of sp³-hybridized carbons (Fsp3) is 0.391. The fourth-order valence-electron chi connectivity index (χ4n) is 3.91. The highest BCUT2D eigenvalue weighted by molar-refractivity contribution is 7.89. The summed E-state index contributed by atoms with van der Waals surface area (Å²) in [5.41, 5.74) is 1.02. The summed E-state index contributed by atoms with van der Waals surface area (Å²) in [6.07, 6.45) is 1.90. The highest BCUT2D eigenvalue weighted by Gasteiger charge is 2.36. The van der Waals surface area contributed by atoms with Gasteiger partial charge >= 0.3 is 0 Å². The van der Waals surface area contributed by atoms with Gasteiger partial charge in [-0.05, 0) is 49.6 Å². The fourth-order valence-corrected chi connectivity index (χ4v) is 5.38. The van der Waals surface area contributed by atoms with Crippen molar-refractivity contribution >= 4 is 21.7 Å². The van der Waals surface area contributed by atoms with Gasteiger partial charge in [0.2, 0.25) is 15.9 Å². The number of hydrogen-bond donors (Lipinski definition) is 1. The monoisotopic (exact) mass is 459 g/mol. The van der Waals surface area contributed by atoms with E-state index in [9.17, 15) is 22.4 Å². The highest BCUT2D eigenvalue weighted by Crippen LogP contribution is 2.27. The van der Waals surface area contributed by atoms with Gasteiger partial charge < -0.3 is 5.32 Å². The molecule has 0 radical (unpaired) electrons. The van der Waals surface area contributed by atoms with Crippen molar-refractivity contribution < 1.29 is 22.4 Å². The van der Waals surface area contributed by atoms with Crippen LogP contribution in [0.3, 0.4) is 0 Å². The molecule has 1 saturated carbocycles. The molecule has 2 fully saturated rings. The van der Waals surface area contributed by atoms with E-state index in [2.05, 4.69) is 5.32 Å². The first-order valence-corrected chi connectivity index (χ1v) is 12.1. The first-order chi connectivity index (χ1) is 15.3. The Morgan fingerprint density at radius 3 is 2.28 bits per heavy atom. The summed E-state index contributed by atoms with van der Waals surface area (Å²) in [5.74, 6) is -0.723. The van der Waals surface area contributed by atoms with E-state index in [1.807, 2.05) is 4.90 Å². The SMILES string of the molecule is CC(=O)c1cccc(S(=O)(=O)N2CCN(C(C(=O)NC3CC3)c3ccc(F)cc3)CC2)c1. The van der Waals surface area contributed by atoms with E-state index < -0.39 is 16.1 Å². The van der Waals surface area contributed by atoms with Crippen LogP contribution in [0.1, 0.15) is 41.7 Å². The van der Waals surface area contributed by atoms with Gasteiger partial charge in [0.1, 0.15) is 11.9 Å². The second-order valence-corrected chi connectivity index (χ2v) is 10.2. The predicted octanol–water partition coefficient (Wildman–Crippen LogP) is 2.35. The van der Waals surface area contributed by atoms with Gasteiger partial charge in [-0.2, -0.15) is 4.31 Å². The van der Waals surface area contributed by atoms with Crippen LogP contribution in [-0.4, -0.2) is 61.5 Å². The molecule has 1 N–H and O–H groups in total. The Kier molecular flexibility index (Phi) is 6.41. The lowest BCUT2D eigenvalue weighted by Crippen LogP contribution is -2.52. The molecule has 2 aromatic carbocycles. The van der Waals surface area contributed by atoms with Gasteiger partial charge in [0, 0.05) is 37.8 Å². The maximum Gasteiger partial charge on any atom is 0.243 e. The van der Waals surface area contributed by atoms with Gasteiger partial charge in [0.15, 0.2) is 5.78 Å². The molecule has 1 aliphatic heterocycles. The number of halogens is 1. The maximum absolute atomic E-state index is 13.4. The first-order valence-electron chi connectivity index (χ1n) is 10.7. The smallest absolute Gasteiger partial charge is 0.243 e. The number of piperazine rings is 1. The Bertz CT molecular complexity index is 1110. The van der Waals surface area contributed by atoms with Crippen molar-refractivity contribution in [2.45, 2.75) is 36.7 Å². The summed E-state index contributed by atoms with van der Waals surface area (Å²) < 4.78 is 41.0. The van der Waals surface area contributed by atoms with E-state index in [4.69, 9.17) is 0 Å². The van der Waals surface area contributed by atoms with Crippen LogP contribution >= 0.6 is 0 Å². The molecular formula is C23H26FN3O4S. The Balaban J connectivity index is 1.51. The molecule has 1 unspecified atom stereocenters. The zero-order chi connectivity index (χ0) is 22.9. The molecule has 7 nitrogen and oxygen atoms in total. The third-order valence-electron chi connectivity index (χ3n) is 5.87. The number of amides is 1. The molecule has 2 aromatic rings. The molecule has 0 spiro atoms. The van der Waals surface area contributed by atoms with Crippen molar-refractivity contribution in [3.05, 3.63) is 65.5 Å². The zero-order valence-electron chi connectivity index (χ0n) is 17.8. The van der Waals surface area contributed by atoms with Crippen molar-refractivity contribution in [3.63, 3.8) is 0 Å². The van der Waals surface area contributed by atoms with Gasteiger partial charge in [-0.3, -0.25) is 14.5 Å². The van der Waals surface area contributed by atoms with Gasteiger partial charge in [-0.25, -0.2) is 12.8 Å². The van der Waals surface area contributed by atoms with Gasteiger partial charge in [-0.1, -0.05) is 24.3 Å². The van der Waals surface area contributed by atoms with Gasteiger partial charge in [0.05, 0.1) is 4.90 Å². The second-order valence-electron chi connectivity index (χ2n) is 8.26. The summed E-state index contributed by atoms with van der Waals surface area (Å²) in [7, 11) is -3.76. The second kappa shape index (κ2) is 9.09. The van der Waals surface area contributed by atoms with Crippen LogP contribution in [0.15, 0.2) is 53.4 Å². The topological polar surface area (TPSA) is 86.8 Å². The number of nitrogens with one attached hydrogen (secondary N) is 1. The summed E-state index contributed by atoms with van der Waals surface area (Å²) in [6, 6.07) is 11.5. The first kappa shape index (κ1) is 22.6. The van der Waals surface area contributed by atoms with E-state index >= 15 is 0 Å². The quantitative estimate of drug-likeness (QED) is 0.643. The number of carbonyl (C=O) groups excluding carboxylic acids is 2. The van der Waals surface area contributed by atoms with Crippen LogP contribution in [0.25, 0.3) is 0 Å². The summed E-state index contributed by atoms with van der Waals surface area (Å²) in [4.78, 5) is 26.6. The Morgan fingerprint density at radius 1 is 1.03 bits per heavy atom. The van der Waals surface area contributed by atoms with Crippen molar-refractivity contribution in [2.75, 3.05) is 26.2 Å². The Hall–Kier alpha value is -2.62. The number of rotatable bonds is 7. The van der Waals surface area contributed by atoms with E-state index in [0.717, 1.165) is 12.8 Å². The summed E-state index contributed by atoms with van der Waals surface area (Å²) >= 11 is 0. The van der Waals surface area contributed by atoms with Crippen LogP contribution in [0.4, 0.5) is 4.39 Å². The lowest BCUT2D eigenvalue weighted by molar-refractivity contribution is -0.127. The van der Waals surface area contributed by atoms with Gasteiger partial charge in [0.25, 0.3) is 0 Å². The van der Waals surface area contributed by atoms with E-state index in [0.29, 0.717) is 24.2 Å². The minimum absolute atomic E-state index is 0.0835. The maximum atomic E-state index is 13.4. The molecule has 1 aliphatic carbocycles. The number of carbonyl (C=O) groups is 2. The molecule has 32 heavy (non-hydrogen) atoms. The molecule has 0 bridgehead atoms. The van der Waals surface area contributed by atoms with Crippen LogP contribution in [0.5, 0.6) is 0 Å².